The Balaban J connectivity index is 1.97. The first-order valence-electron chi connectivity index (χ1n) is 7.31. The number of rotatable bonds is 6. The lowest BCUT2D eigenvalue weighted by molar-refractivity contribution is 0.551. The van der Waals surface area contributed by atoms with Crippen LogP contribution in [-0.4, -0.2) is 21.3 Å². The van der Waals surface area contributed by atoms with Crippen molar-refractivity contribution < 1.29 is 0 Å². The summed E-state index contributed by atoms with van der Waals surface area (Å²) in [5.41, 5.74) is 4.40. The van der Waals surface area contributed by atoms with Crippen LogP contribution in [0.1, 0.15) is 36.5 Å². The fraction of sp³-hybridized carbons (Fsp3) is 0.500. The number of aromatic nitrogens is 3. The Hall–Kier alpha value is -1.20. The van der Waals surface area contributed by atoms with Crippen LogP contribution in [0.2, 0.25) is 0 Å². The van der Waals surface area contributed by atoms with Crippen molar-refractivity contribution >= 4 is 15.9 Å². The summed E-state index contributed by atoms with van der Waals surface area (Å²) in [5, 5.41) is 7.94. The van der Waals surface area contributed by atoms with E-state index in [4.69, 9.17) is 0 Å². The van der Waals surface area contributed by atoms with Gasteiger partial charge in [0.2, 0.25) is 0 Å². The van der Waals surface area contributed by atoms with Gasteiger partial charge in [-0.3, -0.25) is 9.67 Å². The van der Waals surface area contributed by atoms with Gasteiger partial charge in [0, 0.05) is 12.7 Å². The zero-order valence-electron chi connectivity index (χ0n) is 13.2. The number of nitrogens with zero attached hydrogens (tertiary/aromatic N) is 3. The largest absolute Gasteiger partial charge is 0.312 e. The highest BCUT2D eigenvalue weighted by molar-refractivity contribution is 9.10. The molecule has 0 aliphatic rings. The Morgan fingerprint density at radius 2 is 2.05 bits per heavy atom. The number of nitrogens with one attached hydrogen (secondary N) is 1. The van der Waals surface area contributed by atoms with E-state index in [1.165, 1.54) is 5.56 Å². The van der Waals surface area contributed by atoms with Crippen LogP contribution in [0.3, 0.4) is 0 Å². The first kappa shape index (κ1) is 16.2. The molecule has 2 aromatic rings. The van der Waals surface area contributed by atoms with Crippen molar-refractivity contribution in [1.29, 1.82) is 0 Å². The van der Waals surface area contributed by atoms with Crippen molar-refractivity contribution in [3.63, 3.8) is 0 Å². The van der Waals surface area contributed by atoms with Gasteiger partial charge < -0.3 is 5.32 Å². The maximum Gasteiger partial charge on any atom is 0.0834 e. The van der Waals surface area contributed by atoms with Gasteiger partial charge in [-0.25, -0.2) is 0 Å². The fourth-order valence-corrected chi connectivity index (χ4v) is 2.42. The lowest BCUT2D eigenvalue weighted by atomic mass is 10.2. The van der Waals surface area contributed by atoms with Crippen LogP contribution in [0.15, 0.2) is 22.8 Å². The monoisotopic (exact) mass is 350 g/mol. The van der Waals surface area contributed by atoms with Crippen molar-refractivity contribution in [2.75, 3.05) is 6.54 Å². The summed E-state index contributed by atoms with van der Waals surface area (Å²) in [5.74, 6) is 0.668. The molecule has 1 N–H and O–H groups in total. The second-order valence-electron chi connectivity index (χ2n) is 5.82. The number of pyridine rings is 1. The molecule has 0 spiro atoms. The molecule has 0 saturated carbocycles. The molecular weight excluding hydrogens is 328 g/mol. The maximum atomic E-state index is 4.54. The fourth-order valence-electron chi connectivity index (χ4n) is 2.14. The molecule has 5 heteroatoms. The lowest BCUT2D eigenvalue weighted by Crippen LogP contribution is -2.19. The molecule has 2 heterocycles. The Labute approximate surface area is 135 Å². The van der Waals surface area contributed by atoms with Gasteiger partial charge in [0.05, 0.1) is 28.1 Å². The highest BCUT2D eigenvalue weighted by Crippen LogP contribution is 2.20. The van der Waals surface area contributed by atoms with E-state index in [1.54, 1.807) is 0 Å². The SMILES string of the molecule is Cc1nn(Cc2ccc(CNCC(C)C)cn2)c(C)c1Br. The quantitative estimate of drug-likeness (QED) is 0.867. The zero-order valence-corrected chi connectivity index (χ0v) is 14.7. The van der Waals surface area contributed by atoms with Crippen LogP contribution in [-0.2, 0) is 13.1 Å². The molecule has 0 aliphatic carbocycles. The Morgan fingerprint density at radius 3 is 2.57 bits per heavy atom. The molecule has 0 saturated heterocycles. The summed E-state index contributed by atoms with van der Waals surface area (Å²) in [6, 6.07) is 4.22. The number of halogens is 1. The standard InChI is InChI=1S/C16H23BrN4/c1-11(2)7-18-8-14-5-6-15(19-9-14)10-21-13(4)16(17)12(3)20-21/h5-6,9,11,18H,7-8,10H2,1-4H3. The Morgan fingerprint density at radius 1 is 1.29 bits per heavy atom. The van der Waals surface area contributed by atoms with Crippen molar-refractivity contribution in [3.05, 3.63) is 45.4 Å². The molecule has 0 bridgehead atoms. The summed E-state index contributed by atoms with van der Waals surface area (Å²) < 4.78 is 3.07. The minimum absolute atomic E-state index is 0.668. The van der Waals surface area contributed by atoms with E-state index in [1.807, 2.05) is 17.8 Å². The molecule has 0 fully saturated rings. The van der Waals surface area contributed by atoms with E-state index in [9.17, 15) is 0 Å². The molecule has 2 rings (SSSR count). The average molecular weight is 351 g/mol. The van der Waals surface area contributed by atoms with Crippen LogP contribution in [0.5, 0.6) is 0 Å². The van der Waals surface area contributed by atoms with E-state index in [0.29, 0.717) is 12.5 Å². The minimum atomic E-state index is 0.668. The Kier molecular flexibility index (Phi) is 5.53. The normalized spacial score (nSPS) is 11.3. The minimum Gasteiger partial charge on any atom is -0.312 e. The molecule has 0 aromatic carbocycles. The third-order valence-corrected chi connectivity index (χ3v) is 4.52. The molecule has 0 unspecified atom stereocenters. The van der Waals surface area contributed by atoms with Gasteiger partial charge in [-0.05, 0) is 53.9 Å². The van der Waals surface area contributed by atoms with E-state index in [-0.39, 0.29) is 0 Å². The smallest absolute Gasteiger partial charge is 0.0834 e. The number of hydrogen-bond acceptors (Lipinski definition) is 3. The van der Waals surface area contributed by atoms with E-state index in [0.717, 1.165) is 34.6 Å². The predicted octanol–water partition coefficient (Wildman–Crippen LogP) is 3.45. The molecule has 2 aromatic heterocycles. The summed E-state index contributed by atoms with van der Waals surface area (Å²) >= 11 is 3.55. The highest BCUT2D eigenvalue weighted by Gasteiger charge is 2.09. The van der Waals surface area contributed by atoms with E-state index in [2.05, 4.69) is 64.2 Å². The van der Waals surface area contributed by atoms with Crippen molar-refractivity contribution in [1.82, 2.24) is 20.1 Å². The van der Waals surface area contributed by atoms with Gasteiger partial charge in [-0.1, -0.05) is 19.9 Å². The molecule has 0 aliphatic heterocycles. The zero-order chi connectivity index (χ0) is 15.4. The lowest BCUT2D eigenvalue weighted by Gasteiger charge is -2.08. The molecule has 21 heavy (non-hydrogen) atoms. The molecule has 0 atom stereocenters. The van der Waals surface area contributed by atoms with E-state index < -0.39 is 0 Å². The van der Waals surface area contributed by atoms with Gasteiger partial charge in [-0.15, -0.1) is 0 Å². The van der Waals surface area contributed by atoms with Gasteiger partial charge in [0.15, 0.2) is 0 Å². The second-order valence-corrected chi connectivity index (χ2v) is 6.62. The predicted molar refractivity (Wildman–Crippen MR) is 89.3 cm³/mol. The summed E-state index contributed by atoms with van der Waals surface area (Å²) in [7, 11) is 0. The van der Waals surface area contributed by atoms with Crippen molar-refractivity contribution in [3.8, 4) is 0 Å². The van der Waals surface area contributed by atoms with Gasteiger partial charge >= 0.3 is 0 Å². The van der Waals surface area contributed by atoms with E-state index >= 15 is 0 Å². The molecule has 0 radical (unpaired) electrons. The summed E-state index contributed by atoms with van der Waals surface area (Å²) in [6.07, 6.45) is 1.95. The third-order valence-electron chi connectivity index (χ3n) is 3.37. The van der Waals surface area contributed by atoms with Crippen LogP contribution in [0, 0.1) is 19.8 Å². The van der Waals surface area contributed by atoms with Gasteiger partial charge in [0.1, 0.15) is 0 Å². The third kappa shape index (κ3) is 4.38. The van der Waals surface area contributed by atoms with Crippen LogP contribution in [0.4, 0.5) is 0 Å². The van der Waals surface area contributed by atoms with Crippen molar-refractivity contribution in [2.45, 2.75) is 40.8 Å². The molecule has 0 amide bonds. The van der Waals surface area contributed by atoms with Crippen LogP contribution in [0.25, 0.3) is 0 Å². The molecule has 114 valence electrons. The molecule has 4 nitrogen and oxygen atoms in total. The number of aryl methyl sites for hydroxylation is 1. The number of hydrogen-bond donors (Lipinski definition) is 1. The molecular formula is C16H23BrN4. The second kappa shape index (κ2) is 7.18. The van der Waals surface area contributed by atoms with Crippen LogP contribution >= 0.6 is 15.9 Å². The first-order chi connectivity index (χ1) is 9.97. The van der Waals surface area contributed by atoms with Gasteiger partial charge in [-0.2, -0.15) is 5.10 Å². The topological polar surface area (TPSA) is 42.7 Å². The summed E-state index contributed by atoms with van der Waals surface area (Å²) in [6.45, 7) is 11.1. The summed E-state index contributed by atoms with van der Waals surface area (Å²) in [4.78, 5) is 4.54. The van der Waals surface area contributed by atoms with Gasteiger partial charge in [0.25, 0.3) is 0 Å². The highest BCUT2D eigenvalue weighted by atomic mass is 79.9. The van der Waals surface area contributed by atoms with Crippen LogP contribution < -0.4 is 5.32 Å². The van der Waals surface area contributed by atoms with Crippen molar-refractivity contribution in [2.24, 2.45) is 5.92 Å². The first-order valence-corrected chi connectivity index (χ1v) is 8.10. The maximum absolute atomic E-state index is 4.54. The average Bonchev–Trinajstić information content (AvgIpc) is 2.68. The Bertz CT molecular complexity index is 587.